The molecule has 0 aliphatic carbocycles. The average molecular weight is 456 g/mol. The number of hydrazone groups is 1. The number of carbonyl (C=O) groups is 1. The van der Waals surface area contributed by atoms with Gasteiger partial charge in [0.05, 0.1) is 16.2 Å². The fourth-order valence-corrected chi connectivity index (χ4v) is 3.13. The first-order valence-corrected chi connectivity index (χ1v) is 10.3. The molecule has 0 radical (unpaired) electrons. The van der Waals surface area contributed by atoms with Gasteiger partial charge in [-0.1, -0.05) is 37.6 Å². The number of carbonyl (C=O) groups excluding carboxylic acids is 1. The molecule has 1 heterocycles. The number of halogens is 1. The van der Waals surface area contributed by atoms with Gasteiger partial charge in [-0.25, -0.2) is 5.43 Å². The first kappa shape index (κ1) is 23.0. The Kier molecular flexibility index (Phi) is 7.62. The van der Waals surface area contributed by atoms with E-state index in [4.69, 9.17) is 20.8 Å². The quantitative estimate of drug-likeness (QED) is 0.258. The molecule has 1 unspecified atom stereocenters. The number of rotatable bonds is 9. The largest absolute Gasteiger partial charge is 0.484 e. The van der Waals surface area contributed by atoms with Crippen molar-refractivity contribution < 1.29 is 18.9 Å². The van der Waals surface area contributed by atoms with Gasteiger partial charge in [-0.2, -0.15) is 5.10 Å². The highest BCUT2D eigenvalue weighted by atomic mass is 35.5. The van der Waals surface area contributed by atoms with Gasteiger partial charge in [-0.3, -0.25) is 14.9 Å². The van der Waals surface area contributed by atoms with Gasteiger partial charge in [0, 0.05) is 17.7 Å². The Morgan fingerprint density at radius 2 is 2.00 bits per heavy atom. The van der Waals surface area contributed by atoms with E-state index in [0.717, 1.165) is 6.42 Å². The molecule has 0 saturated heterocycles. The van der Waals surface area contributed by atoms with Crippen LogP contribution in [-0.4, -0.2) is 23.7 Å². The predicted molar refractivity (Wildman–Crippen MR) is 122 cm³/mol. The molecule has 0 bridgehead atoms. The second-order valence-corrected chi connectivity index (χ2v) is 7.49. The minimum atomic E-state index is -0.524. The van der Waals surface area contributed by atoms with Crippen LogP contribution < -0.4 is 10.2 Å². The van der Waals surface area contributed by atoms with Crippen LogP contribution in [0.2, 0.25) is 5.02 Å². The van der Waals surface area contributed by atoms with Crippen molar-refractivity contribution in [3.63, 3.8) is 0 Å². The van der Waals surface area contributed by atoms with E-state index in [2.05, 4.69) is 24.4 Å². The fraction of sp³-hybridized carbons (Fsp3) is 0.217. The average Bonchev–Trinajstić information content (AvgIpc) is 3.26. The summed E-state index contributed by atoms with van der Waals surface area (Å²) < 4.78 is 11.1. The molecule has 3 rings (SSSR count). The number of ether oxygens (including phenoxy) is 1. The van der Waals surface area contributed by atoms with Gasteiger partial charge in [0.2, 0.25) is 0 Å². The molecule has 0 fully saturated rings. The summed E-state index contributed by atoms with van der Waals surface area (Å²) in [4.78, 5) is 22.2. The van der Waals surface area contributed by atoms with Crippen LogP contribution in [0.25, 0.3) is 11.3 Å². The molecular weight excluding hydrogens is 434 g/mol. The van der Waals surface area contributed by atoms with E-state index >= 15 is 0 Å². The van der Waals surface area contributed by atoms with Gasteiger partial charge in [-0.15, -0.1) is 0 Å². The zero-order valence-corrected chi connectivity index (χ0v) is 18.3. The number of hydrogen-bond donors (Lipinski definition) is 1. The summed E-state index contributed by atoms with van der Waals surface area (Å²) in [6, 6.07) is 15.1. The molecule has 1 atom stereocenters. The number of nitro groups is 1. The summed E-state index contributed by atoms with van der Waals surface area (Å²) in [6.07, 6.45) is 2.39. The molecule has 9 heteroatoms. The van der Waals surface area contributed by atoms with E-state index in [-0.39, 0.29) is 17.3 Å². The van der Waals surface area contributed by atoms with Gasteiger partial charge in [0.25, 0.3) is 11.6 Å². The zero-order valence-electron chi connectivity index (χ0n) is 17.6. The lowest BCUT2D eigenvalue weighted by Crippen LogP contribution is -2.24. The van der Waals surface area contributed by atoms with Crippen LogP contribution in [0.4, 0.5) is 5.69 Å². The lowest BCUT2D eigenvalue weighted by molar-refractivity contribution is -0.384. The lowest BCUT2D eigenvalue weighted by atomic mass is 9.99. The number of hydrogen-bond acceptors (Lipinski definition) is 6. The normalized spacial score (nSPS) is 12.0. The SMILES string of the molecule is CCC(C)c1ccc(OCC(=O)N/N=C/c2ccc(-c3ccc([N+](=O)[O-])cc3Cl)o2)cc1. The van der Waals surface area contributed by atoms with Crippen molar-refractivity contribution in [1.29, 1.82) is 0 Å². The second kappa shape index (κ2) is 10.6. The van der Waals surface area contributed by atoms with E-state index < -0.39 is 10.8 Å². The van der Waals surface area contributed by atoms with Crippen molar-refractivity contribution in [2.45, 2.75) is 26.2 Å². The van der Waals surface area contributed by atoms with Gasteiger partial charge in [0.15, 0.2) is 6.61 Å². The molecule has 166 valence electrons. The molecule has 3 aromatic rings. The minimum Gasteiger partial charge on any atom is -0.484 e. The molecular formula is C23H22ClN3O5. The van der Waals surface area contributed by atoms with Gasteiger partial charge in [0.1, 0.15) is 17.3 Å². The number of nitro benzene ring substituents is 1. The van der Waals surface area contributed by atoms with Crippen LogP contribution >= 0.6 is 11.6 Å². The first-order chi connectivity index (χ1) is 15.4. The van der Waals surface area contributed by atoms with Crippen molar-refractivity contribution >= 4 is 29.4 Å². The highest BCUT2D eigenvalue weighted by Crippen LogP contribution is 2.32. The minimum absolute atomic E-state index is 0.108. The van der Waals surface area contributed by atoms with Gasteiger partial charge in [-0.05, 0) is 48.2 Å². The highest BCUT2D eigenvalue weighted by molar-refractivity contribution is 6.33. The maximum absolute atomic E-state index is 11.9. The number of non-ortho nitro benzene ring substituents is 1. The molecule has 2 aromatic carbocycles. The van der Waals surface area contributed by atoms with E-state index in [9.17, 15) is 14.9 Å². The maximum atomic E-state index is 11.9. The van der Waals surface area contributed by atoms with Crippen molar-refractivity contribution in [3.05, 3.63) is 81.1 Å². The van der Waals surface area contributed by atoms with Crippen LogP contribution in [0.15, 0.2) is 64.1 Å². The fourth-order valence-electron chi connectivity index (χ4n) is 2.86. The summed E-state index contributed by atoms with van der Waals surface area (Å²) in [5.74, 6) is 1.45. The molecule has 0 spiro atoms. The molecule has 1 aromatic heterocycles. The third-order valence-corrected chi connectivity index (χ3v) is 5.18. The van der Waals surface area contributed by atoms with Crippen LogP contribution in [-0.2, 0) is 4.79 Å². The number of nitrogens with zero attached hydrogens (tertiary/aromatic N) is 2. The topological polar surface area (TPSA) is 107 Å². The second-order valence-electron chi connectivity index (χ2n) is 7.08. The Morgan fingerprint density at radius 1 is 1.25 bits per heavy atom. The molecule has 8 nitrogen and oxygen atoms in total. The summed E-state index contributed by atoms with van der Waals surface area (Å²) >= 11 is 6.11. The van der Waals surface area contributed by atoms with Crippen LogP contribution in [0.3, 0.4) is 0 Å². The predicted octanol–water partition coefficient (Wildman–Crippen LogP) is 5.55. The highest BCUT2D eigenvalue weighted by Gasteiger charge is 2.13. The number of furan rings is 1. The number of benzene rings is 2. The Hall–Kier alpha value is -3.65. The van der Waals surface area contributed by atoms with Gasteiger partial charge < -0.3 is 9.15 Å². The van der Waals surface area contributed by atoms with Crippen LogP contribution in [0.1, 0.15) is 37.5 Å². The van der Waals surface area contributed by atoms with Crippen LogP contribution in [0.5, 0.6) is 5.75 Å². The Labute approximate surface area is 190 Å². The van der Waals surface area contributed by atoms with Gasteiger partial charge >= 0.3 is 0 Å². The Morgan fingerprint density at radius 3 is 2.66 bits per heavy atom. The molecule has 1 N–H and O–H groups in total. The first-order valence-electron chi connectivity index (χ1n) is 9.96. The molecule has 1 amide bonds. The summed E-state index contributed by atoms with van der Waals surface area (Å²) in [5.41, 5.74) is 3.99. The summed E-state index contributed by atoms with van der Waals surface area (Å²) in [6.45, 7) is 4.11. The smallest absolute Gasteiger partial charge is 0.277 e. The zero-order chi connectivity index (χ0) is 23.1. The summed E-state index contributed by atoms with van der Waals surface area (Å²) in [5, 5.41) is 14.9. The van der Waals surface area contributed by atoms with Crippen LogP contribution in [0, 0.1) is 10.1 Å². The van der Waals surface area contributed by atoms with E-state index in [1.165, 1.54) is 30.0 Å². The molecule has 32 heavy (non-hydrogen) atoms. The van der Waals surface area contributed by atoms with E-state index in [1.54, 1.807) is 12.1 Å². The summed E-state index contributed by atoms with van der Waals surface area (Å²) in [7, 11) is 0. The molecule has 0 saturated carbocycles. The Balaban J connectivity index is 1.51. The number of amides is 1. The standard InChI is InChI=1S/C23H22ClN3O5/c1-3-15(2)16-4-7-18(8-5-16)31-14-23(28)26-25-13-19-9-11-22(32-19)20-10-6-17(27(29)30)12-21(20)24/h4-13,15H,3,14H2,1-2H3,(H,26,28)/b25-13+. The third kappa shape index (κ3) is 5.95. The monoisotopic (exact) mass is 455 g/mol. The van der Waals surface area contributed by atoms with E-state index in [1.807, 2.05) is 24.3 Å². The maximum Gasteiger partial charge on any atom is 0.277 e. The molecule has 0 aliphatic rings. The van der Waals surface area contributed by atoms with Crippen molar-refractivity contribution in [2.24, 2.45) is 5.10 Å². The van der Waals surface area contributed by atoms with Crippen molar-refractivity contribution in [2.75, 3.05) is 6.61 Å². The van der Waals surface area contributed by atoms with E-state index in [0.29, 0.717) is 28.8 Å². The van der Waals surface area contributed by atoms with Crippen molar-refractivity contribution in [3.8, 4) is 17.1 Å². The number of nitrogens with one attached hydrogen (secondary N) is 1. The molecule has 0 aliphatic heterocycles. The Bertz CT molecular complexity index is 1120. The third-order valence-electron chi connectivity index (χ3n) is 4.87. The van der Waals surface area contributed by atoms with Crippen molar-refractivity contribution in [1.82, 2.24) is 5.43 Å². The lowest BCUT2D eigenvalue weighted by Gasteiger charge is -2.10.